The Labute approximate surface area is 155 Å². The smallest absolute Gasteiger partial charge is 0.270 e. The maximum atomic E-state index is 13.1. The average molecular weight is 367 g/mol. The van der Waals surface area contributed by atoms with Gasteiger partial charge in [-0.3, -0.25) is 9.78 Å². The van der Waals surface area contributed by atoms with Gasteiger partial charge in [0.25, 0.3) is 5.91 Å². The average Bonchev–Trinajstić information content (AvgIpc) is 3.17. The molecule has 0 radical (unpaired) electrons. The molecular formula is C19H17N3O3S. The number of benzene rings is 1. The molecule has 0 saturated carbocycles. The van der Waals surface area contributed by atoms with Crippen LogP contribution in [0.2, 0.25) is 0 Å². The molecule has 3 heterocycles. The molecule has 0 spiro atoms. The first-order chi connectivity index (χ1) is 12.7. The molecule has 0 fully saturated rings. The Morgan fingerprint density at radius 3 is 2.96 bits per heavy atom. The van der Waals surface area contributed by atoms with E-state index >= 15 is 0 Å². The Balaban J connectivity index is 1.68. The fourth-order valence-corrected chi connectivity index (χ4v) is 3.69. The van der Waals surface area contributed by atoms with Gasteiger partial charge >= 0.3 is 0 Å². The Kier molecular flexibility index (Phi) is 4.30. The predicted octanol–water partition coefficient (Wildman–Crippen LogP) is 3.64. The van der Waals surface area contributed by atoms with E-state index < -0.39 is 0 Å². The van der Waals surface area contributed by atoms with Crippen molar-refractivity contribution >= 4 is 22.9 Å². The Bertz CT molecular complexity index is 942. The molecule has 6 nitrogen and oxygen atoms in total. The van der Waals surface area contributed by atoms with E-state index in [1.165, 1.54) is 11.3 Å². The van der Waals surface area contributed by atoms with Gasteiger partial charge in [-0.25, -0.2) is 4.98 Å². The molecule has 1 aliphatic rings. The zero-order valence-corrected chi connectivity index (χ0v) is 15.2. The van der Waals surface area contributed by atoms with Crippen molar-refractivity contribution in [3.63, 3.8) is 0 Å². The van der Waals surface area contributed by atoms with Crippen LogP contribution in [0.5, 0.6) is 11.5 Å². The number of fused-ring (bicyclic) bond motifs is 1. The molecule has 0 saturated heterocycles. The maximum absolute atomic E-state index is 13.1. The van der Waals surface area contributed by atoms with Gasteiger partial charge < -0.3 is 14.4 Å². The van der Waals surface area contributed by atoms with E-state index in [0.29, 0.717) is 28.6 Å². The number of hydrogen-bond acceptors (Lipinski definition) is 6. The van der Waals surface area contributed by atoms with Crippen LogP contribution in [0.4, 0.5) is 5.69 Å². The Hall–Kier alpha value is -2.93. The number of ether oxygens (including phenoxy) is 2. The van der Waals surface area contributed by atoms with Crippen LogP contribution >= 0.6 is 11.3 Å². The number of thiazole rings is 1. The first-order valence-corrected chi connectivity index (χ1v) is 9.01. The zero-order valence-electron chi connectivity index (χ0n) is 14.4. The number of carbonyl (C=O) groups is 1. The van der Waals surface area contributed by atoms with E-state index in [1.807, 2.05) is 43.3 Å². The fourth-order valence-electron chi connectivity index (χ4n) is 2.85. The van der Waals surface area contributed by atoms with E-state index in [-0.39, 0.29) is 12.0 Å². The van der Waals surface area contributed by atoms with Crippen molar-refractivity contribution in [3.05, 3.63) is 53.7 Å². The number of nitrogens with zero attached hydrogens (tertiary/aromatic N) is 3. The lowest BCUT2D eigenvalue weighted by molar-refractivity contribution is 0.0964. The summed E-state index contributed by atoms with van der Waals surface area (Å²) in [6.45, 7) is 2.41. The van der Waals surface area contributed by atoms with E-state index in [0.717, 1.165) is 10.7 Å². The van der Waals surface area contributed by atoms with Crippen LogP contribution < -0.4 is 14.4 Å². The van der Waals surface area contributed by atoms with Crippen molar-refractivity contribution in [1.82, 2.24) is 9.97 Å². The van der Waals surface area contributed by atoms with Crippen LogP contribution in [-0.4, -0.2) is 35.6 Å². The minimum atomic E-state index is -0.102. The predicted molar refractivity (Wildman–Crippen MR) is 100 cm³/mol. The minimum absolute atomic E-state index is 0.0944. The summed E-state index contributed by atoms with van der Waals surface area (Å²) in [7, 11) is 1.60. The SMILES string of the molecule is COc1ccc2c(c1)N(C(=O)c1cnc(-c3ccccn3)s1)CC(C)O2. The summed E-state index contributed by atoms with van der Waals surface area (Å²) in [4.78, 5) is 24.1. The van der Waals surface area contributed by atoms with E-state index in [1.54, 1.807) is 24.4 Å². The molecular weight excluding hydrogens is 350 g/mol. The summed E-state index contributed by atoms with van der Waals surface area (Å²) >= 11 is 1.34. The minimum Gasteiger partial charge on any atom is -0.497 e. The molecule has 1 atom stereocenters. The molecule has 0 aliphatic carbocycles. The van der Waals surface area contributed by atoms with Crippen molar-refractivity contribution in [3.8, 4) is 22.2 Å². The summed E-state index contributed by atoms with van der Waals surface area (Å²) in [6, 6.07) is 11.1. The highest BCUT2D eigenvalue weighted by atomic mass is 32.1. The number of anilines is 1. The monoisotopic (exact) mass is 367 g/mol. The third-order valence-electron chi connectivity index (χ3n) is 4.07. The summed E-state index contributed by atoms with van der Waals surface area (Å²) in [5.74, 6) is 1.25. The molecule has 1 unspecified atom stereocenters. The largest absolute Gasteiger partial charge is 0.497 e. The number of carbonyl (C=O) groups excluding carboxylic acids is 1. The van der Waals surface area contributed by atoms with E-state index in [9.17, 15) is 4.79 Å². The van der Waals surface area contributed by atoms with Crippen LogP contribution in [0.1, 0.15) is 16.6 Å². The van der Waals surface area contributed by atoms with Crippen molar-refractivity contribution in [2.45, 2.75) is 13.0 Å². The van der Waals surface area contributed by atoms with Crippen LogP contribution in [0.25, 0.3) is 10.7 Å². The second kappa shape index (κ2) is 6.76. The van der Waals surface area contributed by atoms with Gasteiger partial charge in [0, 0.05) is 12.3 Å². The van der Waals surface area contributed by atoms with E-state index in [2.05, 4.69) is 9.97 Å². The van der Waals surface area contributed by atoms with Crippen LogP contribution in [0.3, 0.4) is 0 Å². The molecule has 26 heavy (non-hydrogen) atoms. The van der Waals surface area contributed by atoms with Gasteiger partial charge in [0.15, 0.2) is 0 Å². The summed E-state index contributed by atoms with van der Waals surface area (Å²) in [5.41, 5.74) is 1.47. The zero-order chi connectivity index (χ0) is 18.1. The van der Waals surface area contributed by atoms with Gasteiger partial charge in [-0.1, -0.05) is 6.07 Å². The van der Waals surface area contributed by atoms with Gasteiger partial charge in [0.1, 0.15) is 27.5 Å². The highest BCUT2D eigenvalue weighted by molar-refractivity contribution is 7.17. The van der Waals surface area contributed by atoms with E-state index in [4.69, 9.17) is 9.47 Å². The topological polar surface area (TPSA) is 64.5 Å². The quantitative estimate of drug-likeness (QED) is 0.707. The molecule has 2 aromatic heterocycles. The summed E-state index contributed by atoms with van der Waals surface area (Å²) in [5, 5.41) is 0.723. The van der Waals surface area contributed by atoms with Gasteiger partial charge in [0.05, 0.1) is 31.2 Å². The second-order valence-corrected chi connectivity index (χ2v) is 6.95. The maximum Gasteiger partial charge on any atom is 0.270 e. The first kappa shape index (κ1) is 16.5. The summed E-state index contributed by atoms with van der Waals surface area (Å²) in [6.07, 6.45) is 3.23. The molecule has 1 amide bonds. The Morgan fingerprint density at radius 2 is 2.19 bits per heavy atom. The van der Waals surface area contributed by atoms with Crippen LogP contribution in [0.15, 0.2) is 48.8 Å². The third kappa shape index (κ3) is 3.01. The van der Waals surface area contributed by atoms with Gasteiger partial charge in [-0.15, -0.1) is 11.3 Å². The lowest BCUT2D eigenvalue weighted by Crippen LogP contribution is -2.42. The van der Waals surface area contributed by atoms with Crippen LogP contribution in [-0.2, 0) is 0 Å². The second-order valence-electron chi connectivity index (χ2n) is 5.92. The third-order valence-corrected chi connectivity index (χ3v) is 5.08. The molecule has 1 aromatic carbocycles. The Morgan fingerprint density at radius 1 is 1.31 bits per heavy atom. The number of rotatable bonds is 3. The molecule has 3 aromatic rings. The lowest BCUT2D eigenvalue weighted by Gasteiger charge is -2.33. The number of methoxy groups -OCH3 is 1. The highest BCUT2D eigenvalue weighted by Crippen LogP contribution is 2.38. The first-order valence-electron chi connectivity index (χ1n) is 8.19. The number of amides is 1. The fraction of sp³-hybridized carbons (Fsp3) is 0.211. The van der Waals surface area contributed by atoms with Gasteiger partial charge in [-0.2, -0.15) is 0 Å². The standard InChI is InChI=1S/C19H17N3O3S/c1-12-11-22(15-9-13(24-2)6-7-16(15)25-12)19(23)17-10-21-18(26-17)14-5-3-4-8-20-14/h3-10,12H,11H2,1-2H3. The molecule has 7 heteroatoms. The molecule has 132 valence electrons. The van der Waals surface area contributed by atoms with Gasteiger partial charge in [-0.05, 0) is 31.2 Å². The number of aromatic nitrogens is 2. The molecule has 0 N–H and O–H groups in total. The molecule has 4 rings (SSSR count). The highest BCUT2D eigenvalue weighted by Gasteiger charge is 2.30. The van der Waals surface area contributed by atoms with Gasteiger partial charge in [0.2, 0.25) is 0 Å². The summed E-state index contributed by atoms with van der Waals surface area (Å²) < 4.78 is 11.1. The van der Waals surface area contributed by atoms with Crippen molar-refractivity contribution in [2.75, 3.05) is 18.6 Å². The van der Waals surface area contributed by atoms with Crippen molar-refractivity contribution < 1.29 is 14.3 Å². The molecule has 0 bridgehead atoms. The van der Waals surface area contributed by atoms with Crippen molar-refractivity contribution in [1.29, 1.82) is 0 Å². The number of hydrogen-bond donors (Lipinski definition) is 0. The number of pyridine rings is 1. The molecule has 1 aliphatic heterocycles. The lowest BCUT2D eigenvalue weighted by atomic mass is 10.2. The van der Waals surface area contributed by atoms with Crippen molar-refractivity contribution in [2.24, 2.45) is 0 Å². The van der Waals surface area contributed by atoms with Crippen LogP contribution in [0, 0.1) is 0 Å². The normalized spacial score (nSPS) is 15.9.